The SMILES string of the molecule is COCCOCCN=C(N)NCCc1ccc(OC)cc1.I. The van der Waals surface area contributed by atoms with E-state index in [1.165, 1.54) is 5.56 Å². The number of rotatable bonds is 10. The molecule has 0 bridgehead atoms. The van der Waals surface area contributed by atoms with Crippen molar-refractivity contribution in [1.29, 1.82) is 0 Å². The zero-order chi connectivity index (χ0) is 15.3. The molecule has 0 saturated carbocycles. The van der Waals surface area contributed by atoms with E-state index in [0.717, 1.165) is 18.7 Å². The Hall–Kier alpha value is -1.06. The van der Waals surface area contributed by atoms with Gasteiger partial charge in [0.05, 0.1) is 33.5 Å². The van der Waals surface area contributed by atoms with E-state index >= 15 is 0 Å². The van der Waals surface area contributed by atoms with Gasteiger partial charge in [-0.2, -0.15) is 0 Å². The molecule has 0 aliphatic carbocycles. The third kappa shape index (κ3) is 9.80. The standard InChI is InChI=1S/C15H25N3O3.HI/c1-19-11-12-21-10-9-18-15(16)17-8-7-13-3-5-14(20-2)6-4-13;/h3-6H,7-12H2,1-2H3,(H3,16,17,18);1H. The number of methoxy groups -OCH3 is 2. The second-order valence-corrected chi connectivity index (χ2v) is 4.40. The Balaban J connectivity index is 0.00000441. The quantitative estimate of drug-likeness (QED) is 0.258. The van der Waals surface area contributed by atoms with Crippen molar-refractivity contribution in [3.05, 3.63) is 29.8 Å². The summed E-state index contributed by atoms with van der Waals surface area (Å²) in [6.45, 7) is 3.01. The number of benzene rings is 1. The minimum absolute atomic E-state index is 0. The van der Waals surface area contributed by atoms with Gasteiger partial charge in [0.2, 0.25) is 0 Å². The van der Waals surface area contributed by atoms with Crippen LogP contribution in [0.25, 0.3) is 0 Å². The summed E-state index contributed by atoms with van der Waals surface area (Å²) in [6.07, 6.45) is 0.880. The van der Waals surface area contributed by atoms with Crippen LogP contribution in [0.15, 0.2) is 29.3 Å². The molecule has 0 aliphatic heterocycles. The van der Waals surface area contributed by atoms with Gasteiger partial charge in [-0.15, -0.1) is 24.0 Å². The fraction of sp³-hybridized carbons (Fsp3) is 0.533. The summed E-state index contributed by atoms with van der Waals surface area (Å²) in [6, 6.07) is 7.98. The smallest absolute Gasteiger partial charge is 0.188 e. The Labute approximate surface area is 149 Å². The van der Waals surface area contributed by atoms with Crippen molar-refractivity contribution < 1.29 is 14.2 Å². The minimum atomic E-state index is 0. The van der Waals surface area contributed by atoms with Gasteiger partial charge >= 0.3 is 0 Å². The summed E-state index contributed by atoms with van der Waals surface area (Å²) in [5, 5.41) is 3.08. The van der Waals surface area contributed by atoms with Crippen molar-refractivity contribution in [2.45, 2.75) is 6.42 Å². The molecule has 0 spiro atoms. The molecule has 0 aromatic heterocycles. The molecule has 6 nitrogen and oxygen atoms in total. The molecule has 0 saturated heterocycles. The van der Waals surface area contributed by atoms with E-state index in [1.54, 1.807) is 14.2 Å². The maximum Gasteiger partial charge on any atom is 0.188 e. The molecule has 1 rings (SSSR count). The van der Waals surface area contributed by atoms with Gasteiger partial charge < -0.3 is 25.3 Å². The highest BCUT2D eigenvalue weighted by atomic mass is 127. The van der Waals surface area contributed by atoms with E-state index in [2.05, 4.69) is 10.3 Å². The predicted octanol–water partition coefficient (Wildman–Crippen LogP) is 1.42. The maximum atomic E-state index is 5.76. The molecule has 3 N–H and O–H groups in total. The van der Waals surface area contributed by atoms with E-state index in [9.17, 15) is 0 Å². The average Bonchev–Trinajstić information content (AvgIpc) is 2.51. The van der Waals surface area contributed by atoms with Crippen LogP contribution in [0.1, 0.15) is 5.56 Å². The zero-order valence-electron chi connectivity index (χ0n) is 13.2. The van der Waals surface area contributed by atoms with Crippen LogP contribution in [-0.2, 0) is 15.9 Å². The summed E-state index contributed by atoms with van der Waals surface area (Å²) >= 11 is 0. The van der Waals surface area contributed by atoms with Gasteiger partial charge in [0.25, 0.3) is 0 Å². The number of nitrogens with two attached hydrogens (primary N) is 1. The lowest BCUT2D eigenvalue weighted by Crippen LogP contribution is -2.33. The molecule has 0 amide bonds. The van der Waals surface area contributed by atoms with Crippen molar-refractivity contribution in [1.82, 2.24) is 5.32 Å². The van der Waals surface area contributed by atoms with E-state index in [4.69, 9.17) is 19.9 Å². The van der Waals surface area contributed by atoms with Crippen molar-refractivity contribution in [3.63, 3.8) is 0 Å². The van der Waals surface area contributed by atoms with Crippen molar-refractivity contribution in [3.8, 4) is 5.75 Å². The largest absolute Gasteiger partial charge is 0.497 e. The first kappa shape index (κ1) is 20.9. The number of hydrogen-bond donors (Lipinski definition) is 2. The van der Waals surface area contributed by atoms with Crippen molar-refractivity contribution in [2.24, 2.45) is 10.7 Å². The van der Waals surface area contributed by atoms with E-state index < -0.39 is 0 Å². The Morgan fingerprint density at radius 3 is 2.50 bits per heavy atom. The molecule has 126 valence electrons. The molecule has 22 heavy (non-hydrogen) atoms. The first-order chi connectivity index (χ1) is 10.3. The summed E-state index contributed by atoms with van der Waals surface area (Å²) < 4.78 is 15.3. The van der Waals surface area contributed by atoms with Gasteiger partial charge in [-0.1, -0.05) is 12.1 Å². The summed E-state index contributed by atoms with van der Waals surface area (Å²) in [5.41, 5.74) is 6.98. The normalized spacial score (nSPS) is 10.9. The lowest BCUT2D eigenvalue weighted by atomic mass is 10.1. The Bertz CT molecular complexity index is 413. The zero-order valence-corrected chi connectivity index (χ0v) is 15.5. The second-order valence-electron chi connectivity index (χ2n) is 4.40. The predicted molar refractivity (Wildman–Crippen MR) is 99.3 cm³/mol. The maximum absolute atomic E-state index is 5.76. The minimum Gasteiger partial charge on any atom is -0.497 e. The van der Waals surface area contributed by atoms with Gasteiger partial charge in [-0.05, 0) is 24.1 Å². The van der Waals surface area contributed by atoms with Crippen LogP contribution < -0.4 is 15.8 Å². The molecule has 0 heterocycles. The monoisotopic (exact) mass is 423 g/mol. The highest BCUT2D eigenvalue weighted by Gasteiger charge is 1.96. The Kier molecular flexibility index (Phi) is 12.9. The Morgan fingerprint density at radius 1 is 1.14 bits per heavy atom. The molecule has 1 aromatic rings. The number of nitrogens with one attached hydrogen (secondary N) is 1. The first-order valence-electron chi connectivity index (χ1n) is 6.99. The molecule has 1 aromatic carbocycles. The molecule has 0 fully saturated rings. The number of ether oxygens (including phenoxy) is 3. The van der Waals surface area contributed by atoms with Crippen LogP contribution in [0, 0.1) is 0 Å². The lowest BCUT2D eigenvalue weighted by molar-refractivity contribution is 0.0748. The lowest BCUT2D eigenvalue weighted by Gasteiger charge is -2.07. The summed E-state index contributed by atoms with van der Waals surface area (Å²) in [5.74, 6) is 1.31. The number of nitrogens with zero attached hydrogens (tertiary/aromatic N) is 1. The van der Waals surface area contributed by atoms with Gasteiger partial charge in [0.1, 0.15) is 5.75 Å². The number of halogens is 1. The fourth-order valence-electron chi connectivity index (χ4n) is 1.66. The van der Waals surface area contributed by atoms with Gasteiger partial charge in [-0.25, -0.2) is 0 Å². The molecular formula is C15H26IN3O3. The van der Waals surface area contributed by atoms with E-state index in [0.29, 0.717) is 32.3 Å². The van der Waals surface area contributed by atoms with Crippen molar-refractivity contribution in [2.75, 3.05) is 47.1 Å². The molecule has 0 radical (unpaired) electrons. The molecule has 7 heteroatoms. The van der Waals surface area contributed by atoms with Gasteiger partial charge in [0, 0.05) is 13.7 Å². The molecule has 0 aliphatic rings. The third-order valence-corrected chi connectivity index (χ3v) is 2.83. The van der Waals surface area contributed by atoms with Crippen LogP contribution in [0.5, 0.6) is 5.75 Å². The number of aliphatic imine (C=N–C) groups is 1. The van der Waals surface area contributed by atoms with E-state index in [1.807, 2.05) is 24.3 Å². The second kappa shape index (κ2) is 13.6. The Morgan fingerprint density at radius 2 is 1.86 bits per heavy atom. The molecular weight excluding hydrogens is 397 g/mol. The third-order valence-electron chi connectivity index (χ3n) is 2.83. The van der Waals surface area contributed by atoms with Crippen LogP contribution in [0.4, 0.5) is 0 Å². The number of guanidine groups is 1. The average molecular weight is 423 g/mol. The van der Waals surface area contributed by atoms with Crippen LogP contribution in [-0.4, -0.2) is 53.1 Å². The van der Waals surface area contributed by atoms with Gasteiger partial charge in [0.15, 0.2) is 5.96 Å². The van der Waals surface area contributed by atoms with Gasteiger partial charge in [-0.3, -0.25) is 4.99 Å². The first-order valence-corrected chi connectivity index (χ1v) is 6.99. The van der Waals surface area contributed by atoms with Crippen LogP contribution >= 0.6 is 24.0 Å². The fourth-order valence-corrected chi connectivity index (χ4v) is 1.66. The summed E-state index contributed by atoms with van der Waals surface area (Å²) in [7, 11) is 3.30. The molecule has 0 unspecified atom stereocenters. The van der Waals surface area contributed by atoms with E-state index in [-0.39, 0.29) is 24.0 Å². The van der Waals surface area contributed by atoms with Crippen LogP contribution in [0.2, 0.25) is 0 Å². The van der Waals surface area contributed by atoms with Crippen LogP contribution in [0.3, 0.4) is 0 Å². The summed E-state index contributed by atoms with van der Waals surface area (Å²) in [4.78, 5) is 4.18. The highest BCUT2D eigenvalue weighted by Crippen LogP contribution is 2.11. The highest BCUT2D eigenvalue weighted by molar-refractivity contribution is 14.0. The number of hydrogen-bond acceptors (Lipinski definition) is 4. The molecule has 0 atom stereocenters. The van der Waals surface area contributed by atoms with Crippen molar-refractivity contribution >= 4 is 29.9 Å². The topological polar surface area (TPSA) is 78.1 Å².